The van der Waals surface area contributed by atoms with Crippen molar-refractivity contribution in [2.75, 3.05) is 0 Å². The van der Waals surface area contributed by atoms with Crippen molar-refractivity contribution < 1.29 is 26.0 Å². The average Bonchev–Trinajstić information content (AvgIpc) is 2.99. The summed E-state index contributed by atoms with van der Waals surface area (Å²) in [6, 6.07) is 9.95. The molecular weight excluding hydrogens is 454 g/mol. The maximum Gasteiger partial charge on any atom is 0.435 e. The summed E-state index contributed by atoms with van der Waals surface area (Å²) < 4.78 is 77.8. The van der Waals surface area contributed by atoms with E-state index >= 15 is 0 Å². The van der Waals surface area contributed by atoms with Crippen molar-refractivity contribution >= 4 is 26.0 Å². The van der Waals surface area contributed by atoms with E-state index in [0.29, 0.717) is 10.2 Å². The van der Waals surface area contributed by atoms with Gasteiger partial charge in [0.15, 0.2) is 5.69 Å². The van der Waals surface area contributed by atoms with Crippen LogP contribution in [0.4, 0.5) is 17.6 Å². The molecule has 3 rings (SSSR count). The molecule has 0 unspecified atom stereocenters. The standard InChI is InChI=1S/C16H10BrF4N3O2S/c17-10-2-1-3-11(7-10)24-13(8-15(23-24)16(19,20)21)9-4-5-14(12(18)6-9)27(22,25)26/h1-8H,(H2,22,25,26). The van der Waals surface area contributed by atoms with Gasteiger partial charge in [-0.2, -0.15) is 18.3 Å². The van der Waals surface area contributed by atoms with Gasteiger partial charge in [0.2, 0.25) is 10.0 Å². The molecule has 2 aromatic carbocycles. The van der Waals surface area contributed by atoms with Crippen LogP contribution in [0.5, 0.6) is 0 Å². The van der Waals surface area contributed by atoms with Crippen molar-refractivity contribution in [3.8, 4) is 16.9 Å². The number of rotatable bonds is 3. The van der Waals surface area contributed by atoms with Gasteiger partial charge in [-0.25, -0.2) is 22.6 Å². The van der Waals surface area contributed by atoms with Gasteiger partial charge >= 0.3 is 6.18 Å². The lowest BCUT2D eigenvalue weighted by Gasteiger charge is -2.09. The fraction of sp³-hybridized carbons (Fsp3) is 0.0625. The second-order valence-electron chi connectivity index (χ2n) is 5.49. The van der Waals surface area contributed by atoms with Gasteiger partial charge in [0.05, 0.1) is 11.4 Å². The minimum absolute atomic E-state index is 0.00266. The van der Waals surface area contributed by atoms with Crippen LogP contribution in [0.2, 0.25) is 0 Å². The topological polar surface area (TPSA) is 78.0 Å². The van der Waals surface area contributed by atoms with E-state index in [-0.39, 0.29) is 11.3 Å². The van der Waals surface area contributed by atoms with Crippen LogP contribution in [-0.2, 0) is 16.2 Å². The number of hydrogen-bond donors (Lipinski definition) is 1. The number of sulfonamides is 1. The molecule has 5 nitrogen and oxygen atoms in total. The molecule has 27 heavy (non-hydrogen) atoms. The second kappa shape index (κ2) is 6.73. The lowest BCUT2D eigenvalue weighted by Crippen LogP contribution is -2.14. The Kier molecular flexibility index (Phi) is 4.87. The Morgan fingerprint density at radius 1 is 1.07 bits per heavy atom. The SMILES string of the molecule is NS(=O)(=O)c1ccc(-c2cc(C(F)(F)F)nn2-c2cccc(Br)c2)cc1F. The van der Waals surface area contributed by atoms with Crippen LogP contribution in [0.1, 0.15) is 5.69 Å². The van der Waals surface area contributed by atoms with Gasteiger partial charge in [-0.3, -0.25) is 0 Å². The lowest BCUT2D eigenvalue weighted by molar-refractivity contribution is -0.141. The van der Waals surface area contributed by atoms with E-state index in [1.54, 1.807) is 12.1 Å². The average molecular weight is 464 g/mol. The van der Waals surface area contributed by atoms with Gasteiger partial charge in [0.25, 0.3) is 0 Å². The molecule has 0 saturated carbocycles. The molecule has 0 amide bonds. The van der Waals surface area contributed by atoms with Crippen molar-refractivity contribution in [1.29, 1.82) is 0 Å². The first kappa shape index (κ1) is 19.5. The highest BCUT2D eigenvalue weighted by Gasteiger charge is 2.35. The van der Waals surface area contributed by atoms with Crippen LogP contribution in [0.3, 0.4) is 0 Å². The minimum Gasteiger partial charge on any atom is -0.232 e. The number of nitrogens with zero attached hydrogens (tertiary/aromatic N) is 2. The predicted octanol–water partition coefficient (Wildman–Crippen LogP) is 4.11. The normalized spacial score (nSPS) is 12.4. The van der Waals surface area contributed by atoms with Crippen molar-refractivity contribution in [3.05, 3.63) is 64.5 Å². The summed E-state index contributed by atoms with van der Waals surface area (Å²) in [7, 11) is -4.30. The third-order valence-electron chi connectivity index (χ3n) is 3.59. The van der Waals surface area contributed by atoms with E-state index in [0.717, 1.165) is 28.9 Å². The predicted molar refractivity (Wildman–Crippen MR) is 93.0 cm³/mol. The second-order valence-corrected chi connectivity index (χ2v) is 7.94. The monoisotopic (exact) mass is 463 g/mol. The maximum absolute atomic E-state index is 14.2. The molecule has 0 radical (unpaired) electrons. The van der Waals surface area contributed by atoms with E-state index in [2.05, 4.69) is 21.0 Å². The summed E-state index contributed by atoms with van der Waals surface area (Å²) in [4.78, 5) is -0.754. The van der Waals surface area contributed by atoms with Crippen LogP contribution in [-0.4, -0.2) is 18.2 Å². The fourth-order valence-corrected chi connectivity index (χ4v) is 3.40. The molecule has 3 aromatic rings. The highest BCUT2D eigenvalue weighted by Crippen LogP contribution is 2.34. The van der Waals surface area contributed by atoms with Gasteiger partial charge in [-0.1, -0.05) is 28.1 Å². The summed E-state index contributed by atoms with van der Waals surface area (Å²) in [5.41, 5.74) is -0.942. The third-order valence-corrected chi connectivity index (χ3v) is 5.02. The third kappa shape index (κ3) is 4.04. The zero-order valence-electron chi connectivity index (χ0n) is 13.2. The number of nitrogens with two attached hydrogens (primary N) is 1. The first-order valence-electron chi connectivity index (χ1n) is 7.23. The molecule has 0 aliphatic heterocycles. The molecule has 0 spiro atoms. The van der Waals surface area contributed by atoms with E-state index in [4.69, 9.17) is 5.14 Å². The van der Waals surface area contributed by atoms with Crippen LogP contribution < -0.4 is 5.14 Å². The first-order valence-corrected chi connectivity index (χ1v) is 9.56. The molecule has 1 aromatic heterocycles. The summed E-state index contributed by atoms with van der Waals surface area (Å²) in [6.45, 7) is 0. The number of benzene rings is 2. The Balaban J connectivity index is 2.23. The van der Waals surface area contributed by atoms with Gasteiger partial charge in [-0.15, -0.1) is 0 Å². The van der Waals surface area contributed by atoms with Crippen molar-refractivity contribution in [1.82, 2.24) is 9.78 Å². The van der Waals surface area contributed by atoms with Gasteiger partial charge < -0.3 is 0 Å². The van der Waals surface area contributed by atoms with Crippen LogP contribution >= 0.6 is 15.9 Å². The van der Waals surface area contributed by atoms with Crippen molar-refractivity contribution in [3.63, 3.8) is 0 Å². The van der Waals surface area contributed by atoms with Crippen LogP contribution in [0.25, 0.3) is 16.9 Å². The van der Waals surface area contributed by atoms with Crippen molar-refractivity contribution in [2.45, 2.75) is 11.1 Å². The van der Waals surface area contributed by atoms with E-state index < -0.39 is 32.6 Å². The number of primary sulfonamides is 1. The van der Waals surface area contributed by atoms with Gasteiger partial charge in [0.1, 0.15) is 10.7 Å². The smallest absolute Gasteiger partial charge is 0.232 e. The Bertz CT molecular complexity index is 1130. The molecule has 2 N–H and O–H groups in total. The van der Waals surface area contributed by atoms with E-state index in [9.17, 15) is 26.0 Å². The molecule has 0 aliphatic rings. The largest absolute Gasteiger partial charge is 0.435 e. The zero-order chi connectivity index (χ0) is 20.0. The molecule has 0 saturated heterocycles. The highest BCUT2D eigenvalue weighted by atomic mass is 79.9. The molecule has 0 aliphatic carbocycles. The lowest BCUT2D eigenvalue weighted by atomic mass is 10.1. The Hall–Kier alpha value is -2.24. The highest BCUT2D eigenvalue weighted by molar-refractivity contribution is 9.10. The molecule has 1 heterocycles. The number of alkyl halides is 3. The van der Waals surface area contributed by atoms with Crippen LogP contribution in [0.15, 0.2) is 57.9 Å². The summed E-state index contributed by atoms with van der Waals surface area (Å²) in [5.74, 6) is -1.18. The fourth-order valence-electron chi connectivity index (χ4n) is 2.42. The Morgan fingerprint density at radius 2 is 1.78 bits per heavy atom. The minimum atomic E-state index is -4.72. The molecule has 142 valence electrons. The summed E-state index contributed by atoms with van der Waals surface area (Å²) in [5, 5.41) is 8.48. The molecule has 0 fully saturated rings. The van der Waals surface area contributed by atoms with E-state index in [1.165, 1.54) is 12.1 Å². The molecule has 11 heteroatoms. The summed E-state index contributed by atoms with van der Waals surface area (Å²) >= 11 is 3.23. The van der Waals surface area contributed by atoms with Crippen LogP contribution in [0, 0.1) is 5.82 Å². The molecule has 0 bridgehead atoms. The zero-order valence-corrected chi connectivity index (χ0v) is 15.6. The van der Waals surface area contributed by atoms with Gasteiger partial charge in [0, 0.05) is 10.0 Å². The molecule has 0 atom stereocenters. The Morgan fingerprint density at radius 3 is 2.33 bits per heavy atom. The van der Waals surface area contributed by atoms with Crippen molar-refractivity contribution in [2.24, 2.45) is 5.14 Å². The quantitative estimate of drug-likeness (QED) is 0.593. The summed E-state index contributed by atoms with van der Waals surface area (Å²) in [6.07, 6.45) is -4.72. The number of hydrogen-bond acceptors (Lipinski definition) is 3. The first-order chi connectivity index (χ1) is 12.5. The molecular formula is C16H10BrF4N3O2S. The van der Waals surface area contributed by atoms with E-state index in [1.807, 2.05) is 0 Å². The number of halogens is 5. The Labute approximate surface area is 159 Å². The maximum atomic E-state index is 14.2. The number of aromatic nitrogens is 2. The van der Waals surface area contributed by atoms with Gasteiger partial charge in [-0.05, 0) is 36.4 Å².